The van der Waals surface area contributed by atoms with Gasteiger partial charge in [-0.3, -0.25) is 9.88 Å². The van der Waals surface area contributed by atoms with E-state index in [1.54, 1.807) is 4.90 Å². The van der Waals surface area contributed by atoms with Gasteiger partial charge in [0.1, 0.15) is 29.7 Å². The highest BCUT2D eigenvalue weighted by Crippen LogP contribution is 2.44. The predicted molar refractivity (Wildman–Crippen MR) is 159 cm³/mol. The van der Waals surface area contributed by atoms with Crippen molar-refractivity contribution in [2.75, 3.05) is 61.0 Å². The molecule has 4 aliphatic heterocycles. The zero-order valence-corrected chi connectivity index (χ0v) is 25.9. The molecule has 2 aromatic heterocycles. The van der Waals surface area contributed by atoms with Gasteiger partial charge in [-0.2, -0.15) is 0 Å². The van der Waals surface area contributed by atoms with Crippen molar-refractivity contribution < 1.29 is 22.7 Å². The number of ether oxygens (including phenoxy) is 2. The Kier molecular flexibility index (Phi) is 7.45. The Bertz CT molecular complexity index is 1450. The van der Waals surface area contributed by atoms with Crippen molar-refractivity contribution in [1.29, 1.82) is 0 Å². The summed E-state index contributed by atoms with van der Waals surface area (Å²) in [6, 6.07) is 2.47. The lowest BCUT2D eigenvalue weighted by Gasteiger charge is -2.47. The number of nitrogens with one attached hydrogen (secondary N) is 1. The number of piperidine rings is 1. The number of pyridine rings is 1. The first-order valence-corrected chi connectivity index (χ1v) is 16.7. The smallest absolute Gasteiger partial charge is 0.410 e. The molecule has 1 amide bonds. The predicted octanol–water partition coefficient (Wildman–Crippen LogP) is 3.41. The van der Waals surface area contributed by atoms with Gasteiger partial charge in [-0.1, -0.05) is 0 Å². The Hall–Kier alpha value is -3.19. The number of aryl methyl sites for hydroxylation is 1. The van der Waals surface area contributed by atoms with Gasteiger partial charge in [0, 0.05) is 43.8 Å². The highest BCUT2D eigenvalue weighted by Gasteiger charge is 2.39. The van der Waals surface area contributed by atoms with Crippen LogP contribution in [-0.2, 0) is 14.6 Å². The molecule has 6 rings (SSSR count). The molecule has 0 saturated carbocycles. The number of hydrogen-bond acceptors (Lipinski definition) is 11. The highest BCUT2D eigenvalue weighted by atomic mass is 32.2. The van der Waals surface area contributed by atoms with Crippen LogP contribution in [0.25, 0.3) is 0 Å². The minimum absolute atomic E-state index is 0.114. The summed E-state index contributed by atoms with van der Waals surface area (Å²) in [6.45, 7) is 13.8. The molecule has 0 aromatic carbocycles. The molecule has 0 aliphatic carbocycles. The maximum Gasteiger partial charge on any atom is 0.410 e. The highest BCUT2D eigenvalue weighted by molar-refractivity contribution is 7.91. The maximum atomic E-state index is 12.3. The number of carbonyl (C=O) groups excluding carboxylic acids is 1. The zero-order valence-electron chi connectivity index (χ0n) is 25.1. The van der Waals surface area contributed by atoms with Crippen molar-refractivity contribution in [3.05, 3.63) is 29.3 Å². The zero-order chi connectivity index (χ0) is 29.8. The molecule has 0 bridgehead atoms. The normalized spacial score (nSPS) is 23.1. The summed E-state index contributed by atoms with van der Waals surface area (Å²) in [5.74, 6) is 2.63. The van der Waals surface area contributed by atoms with Gasteiger partial charge in [-0.25, -0.2) is 23.2 Å². The van der Waals surface area contributed by atoms with E-state index in [0.717, 1.165) is 48.6 Å². The molecule has 1 N–H and O–H groups in total. The first-order valence-electron chi connectivity index (χ1n) is 14.8. The Morgan fingerprint density at radius 2 is 1.79 bits per heavy atom. The molecule has 42 heavy (non-hydrogen) atoms. The summed E-state index contributed by atoms with van der Waals surface area (Å²) in [7, 11) is -3.01. The van der Waals surface area contributed by atoms with Crippen molar-refractivity contribution in [1.82, 2.24) is 24.8 Å². The fourth-order valence-electron chi connectivity index (χ4n) is 6.26. The molecule has 4 aliphatic rings. The summed E-state index contributed by atoms with van der Waals surface area (Å²) in [6.07, 6.45) is 2.93. The van der Waals surface area contributed by atoms with Crippen LogP contribution in [0.1, 0.15) is 69.5 Å². The molecule has 3 saturated heterocycles. The van der Waals surface area contributed by atoms with Crippen molar-refractivity contribution in [3.8, 4) is 5.75 Å². The SMILES string of the molecule is Cc1nc(C2CCN(C3CN(C(=O)OC(C)(C)C)C3)CC2)cc2c1O[C@H](C)c1c(ncnc1N1CCS(=O)(=O)CC1)N2. The second-order valence-corrected chi connectivity index (χ2v) is 15.1. The summed E-state index contributed by atoms with van der Waals surface area (Å²) in [5.41, 5.74) is 3.04. The van der Waals surface area contributed by atoms with E-state index >= 15 is 0 Å². The van der Waals surface area contributed by atoms with Gasteiger partial charge in [0.15, 0.2) is 15.6 Å². The molecule has 0 radical (unpaired) electrons. The number of aromatic nitrogens is 3. The van der Waals surface area contributed by atoms with Crippen LogP contribution in [0.4, 0.5) is 22.1 Å². The number of sulfone groups is 1. The molecule has 6 heterocycles. The first kappa shape index (κ1) is 28.9. The molecule has 3 fully saturated rings. The Morgan fingerprint density at radius 3 is 2.45 bits per heavy atom. The quantitative estimate of drug-likeness (QED) is 0.557. The van der Waals surface area contributed by atoms with E-state index in [9.17, 15) is 13.2 Å². The standard InChI is InChI=1S/C29H41N7O5S/c1-18-25-23(33-26-24(19(2)40-25)27(31-17-30-26)35-10-12-42(38,39)13-11-35)14-22(32-18)20-6-8-34(9-7-20)21-15-36(16-21)28(37)41-29(3,4)5/h14,17,19-21H,6-13,15-16H2,1-5H3,(H,30,31,33)/t19-/m1/s1. The van der Waals surface area contributed by atoms with Crippen LogP contribution in [0, 0.1) is 6.92 Å². The van der Waals surface area contributed by atoms with Crippen LogP contribution in [0.15, 0.2) is 12.4 Å². The number of nitrogens with zero attached hydrogens (tertiary/aromatic N) is 6. The van der Waals surface area contributed by atoms with E-state index in [-0.39, 0.29) is 23.7 Å². The second-order valence-electron chi connectivity index (χ2n) is 12.8. The molecule has 228 valence electrons. The van der Waals surface area contributed by atoms with Crippen molar-refractivity contribution in [2.45, 2.75) is 71.1 Å². The summed E-state index contributed by atoms with van der Waals surface area (Å²) >= 11 is 0. The number of rotatable bonds is 3. The molecule has 13 heteroatoms. The number of carbonyl (C=O) groups is 1. The van der Waals surface area contributed by atoms with Gasteiger partial charge >= 0.3 is 6.09 Å². The molecular formula is C29H41N7O5S. The fraction of sp³-hybridized carbons (Fsp3) is 0.655. The van der Waals surface area contributed by atoms with Crippen LogP contribution in [0.2, 0.25) is 0 Å². The van der Waals surface area contributed by atoms with Gasteiger partial charge < -0.3 is 24.6 Å². The molecule has 12 nitrogen and oxygen atoms in total. The molecule has 0 unspecified atom stereocenters. The average molecular weight is 600 g/mol. The van der Waals surface area contributed by atoms with E-state index in [1.807, 2.05) is 39.5 Å². The van der Waals surface area contributed by atoms with Crippen LogP contribution >= 0.6 is 0 Å². The average Bonchev–Trinajstić information content (AvgIpc) is 3.03. The molecule has 0 spiro atoms. The van der Waals surface area contributed by atoms with Gasteiger partial charge in [0.25, 0.3) is 0 Å². The minimum atomic E-state index is -3.01. The lowest BCUT2D eigenvalue weighted by Crippen LogP contribution is -2.62. The monoisotopic (exact) mass is 599 g/mol. The number of anilines is 3. The third-order valence-corrected chi connectivity index (χ3v) is 10.2. The fourth-order valence-corrected chi connectivity index (χ4v) is 7.46. The molecule has 1 atom stereocenters. The van der Waals surface area contributed by atoms with Crippen molar-refractivity contribution in [2.24, 2.45) is 0 Å². The lowest BCUT2D eigenvalue weighted by atomic mass is 9.91. The Labute approximate surface area is 247 Å². The van der Waals surface area contributed by atoms with E-state index < -0.39 is 15.4 Å². The number of hydrogen-bond donors (Lipinski definition) is 1. The van der Waals surface area contributed by atoms with Crippen LogP contribution < -0.4 is 15.0 Å². The maximum absolute atomic E-state index is 12.3. The van der Waals surface area contributed by atoms with E-state index in [1.165, 1.54) is 6.33 Å². The molecule has 2 aromatic rings. The van der Waals surface area contributed by atoms with Crippen molar-refractivity contribution >= 4 is 33.3 Å². The topological polar surface area (TPSA) is 130 Å². The summed E-state index contributed by atoms with van der Waals surface area (Å²) in [5, 5.41) is 3.51. The number of likely N-dealkylation sites (tertiary alicyclic amines) is 2. The summed E-state index contributed by atoms with van der Waals surface area (Å²) in [4.78, 5) is 32.7. The van der Waals surface area contributed by atoms with Crippen molar-refractivity contribution in [3.63, 3.8) is 0 Å². The largest absolute Gasteiger partial charge is 0.482 e. The lowest BCUT2D eigenvalue weighted by molar-refractivity contribution is -0.0197. The Balaban J connectivity index is 1.13. The minimum Gasteiger partial charge on any atom is -0.482 e. The number of fused-ring (bicyclic) bond motifs is 2. The first-order chi connectivity index (χ1) is 19.9. The van der Waals surface area contributed by atoms with Gasteiger partial charge in [0.2, 0.25) is 0 Å². The van der Waals surface area contributed by atoms with E-state index in [2.05, 4.69) is 26.3 Å². The van der Waals surface area contributed by atoms with Gasteiger partial charge in [-0.05, 0) is 66.6 Å². The van der Waals surface area contributed by atoms with E-state index in [0.29, 0.717) is 55.5 Å². The van der Waals surface area contributed by atoms with E-state index in [4.69, 9.17) is 14.5 Å². The third-order valence-electron chi connectivity index (χ3n) is 8.60. The summed E-state index contributed by atoms with van der Waals surface area (Å²) < 4.78 is 36.0. The molecular weight excluding hydrogens is 558 g/mol. The van der Waals surface area contributed by atoms with Gasteiger partial charge in [0.05, 0.1) is 28.5 Å². The number of amides is 1. The van der Waals surface area contributed by atoms with Gasteiger partial charge in [-0.15, -0.1) is 0 Å². The van der Waals surface area contributed by atoms with Crippen LogP contribution in [0.3, 0.4) is 0 Å². The third kappa shape index (κ3) is 5.85. The second kappa shape index (κ2) is 10.8. The van der Waals surface area contributed by atoms with Crippen LogP contribution in [-0.4, -0.2) is 102 Å². The Morgan fingerprint density at radius 1 is 1.10 bits per heavy atom. The van der Waals surface area contributed by atoms with Crippen LogP contribution in [0.5, 0.6) is 5.75 Å².